The van der Waals surface area contributed by atoms with Gasteiger partial charge in [-0.15, -0.1) is 0 Å². The predicted molar refractivity (Wildman–Crippen MR) is 74.2 cm³/mol. The Morgan fingerprint density at radius 3 is 3.16 bits per heavy atom. The van der Waals surface area contributed by atoms with Gasteiger partial charge in [0.15, 0.2) is 0 Å². The summed E-state index contributed by atoms with van der Waals surface area (Å²) in [6.07, 6.45) is 4.10. The van der Waals surface area contributed by atoms with Gasteiger partial charge in [0, 0.05) is 29.3 Å². The third kappa shape index (κ3) is 2.36. The van der Waals surface area contributed by atoms with Crippen LogP contribution in [-0.4, -0.2) is 29.6 Å². The first-order valence-electron chi connectivity index (χ1n) is 6.74. The van der Waals surface area contributed by atoms with Gasteiger partial charge in [-0.2, -0.15) is 0 Å². The maximum atomic E-state index is 12.3. The van der Waals surface area contributed by atoms with E-state index in [1.165, 1.54) is 0 Å². The molecule has 0 spiro atoms. The molecule has 1 amide bonds. The molecule has 3 rings (SSSR count). The molecule has 0 aliphatic carbocycles. The van der Waals surface area contributed by atoms with Crippen LogP contribution in [0.3, 0.4) is 0 Å². The van der Waals surface area contributed by atoms with Gasteiger partial charge in [-0.3, -0.25) is 4.79 Å². The summed E-state index contributed by atoms with van der Waals surface area (Å²) in [7, 11) is 0. The molecule has 1 saturated heterocycles. The largest absolute Gasteiger partial charge is 0.376 e. The summed E-state index contributed by atoms with van der Waals surface area (Å²) in [5.41, 5.74) is 1.70. The van der Waals surface area contributed by atoms with Crippen molar-refractivity contribution < 1.29 is 9.53 Å². The number of ether oxygens (including phenoxy) is 1. The number of hydrogen-bond donors (Lipinski definition) is 2. The molecule has 4 nitrogen and oxygen atoms in total. The molecule has 0 radical (unpaired) electrons. The minimum Gasteiger partial charge on any atom is -0.376 e. The molecule has 19 heavy (non-hydrogen) atoms. The van der Waals surface area contributed by atoms with Gasteiger partial charge in [-0.1, -0.05) is 6.07 Å². The van der Waals surface area contributed by atoms with Crippen LogP contribution in [0.5, 0.6) is 0 Å². The Hall–Kier alpha value is -1.81. The van der Waals surface area contributed by atoms with Gasteiger partial charge < -0.3 is 15.0 Å². The van der Waals surface area contributed by atoms with E-state index in [9.17, 15) is 4.79 Å². The highest BCUT2D eigenvalue weighted by molar-refractivity contribution is 6.06. The van der Waals surface area contributed by atoms with Crippen molar-refractivity contribution in [1.82, 2.24) is 10.3 Å². The lowest BCUT2D eigenvalue weighted by Crippen LogP contribution is -2.40. The molecule has 0 bridgehead atoms. The Morgan fingerprint density at radius 1 is 1.47 bits per heavy atom. The fraction of sp³-hybridized carbons (Fsp3) is 0.400. The number of fused-ring (bicyclic) bond motifs is 1. The number of carbonyl (C=O) groups is 1. The fourth-order valence-electron chi connectivity index (χ4n) is 2.66. The molecule has 1 aromatic heterocycles. The van der Waals surface area contributed by atoms with E-state index in [1.807, 2.05) is 37.4 Å². The third-order valence-electron chi connectivity index (χ3n) is 3.72. The van der Waals surface area contributed by atoms with Crippen LogP contribution in [0.25, 0.3) is 10.9 Å². The molecule has 1 fully saturated rings. The number of amides is 1. The maximum Gasteiger partial charge on any atom is 0.252 e. The lowest BCUT2D eigenvalue weighted by Gasteiger charge is -2.20. The van der Waals surface area contributed by atoms with E-state index in [2.05, 4.69) is 10.3 Å². The molecule has 0 saturated carbocycles. The Bertz CT molecular complexity index is 585. The molecule has 1 aliphatic heterocycles. The number of aromatic amines is 1. The summed E-state index contributed by atoms with van der Waals surface area (Å²) in [5.74, 6) is -0.0341. The van der Waals surface area contributed by atoms with E-state index in [1.54, 1.807) is 0 Å². The lowest BCUT2D eigenvalue weighted by molar-refractivity contribution is 0.0713. The summed E-state index contributed by atoms with van der Waals surface area (Å²) in [5, 5.41) is 4.00. The second-order valence-electron chi connectivity index (χ2n) is 5.06. The van der Waals surface area contributed by atoms with E-state index in [0.717, 1.165) is 30.4 Å². The fourth-order valence-corrected chi connectivity index (χ4v) is 2.66. The van der Waals surface area contributed by atoms with Crippen molar-refractivity contribution in [3.05, 3.63) is 36.0 Å². The van der Waals surface area contributed by atoms with Gasteiger partial charge in [0.25, 0.3) is 5.91 Å². The maximum absolute atomic E-state index is 12.3. The average molecular weight is 258 g/mol. The number of carbonyl (C=O) groups excluding carboxylic acids is 1. The highest BCUT2D eigenvalue weighted by atomic mass is 16.5. The van der Waals surface area contributed by atoms with E-state index >= 15 is 0 Å². The molecule has 2 N–H and O–H groups in total. The molecule has 2 heterocycles. The normalized spacial score (nSPS) is 20.6. The number of aromatic nitrogens is 1. The molecule has 1 aromatic carbocycles. The van der Waals surface area contributed by atoms with Crippen molar-refractivity contribution >= 4 is 16.8 Å². The van der Waals surface area contributed by atoms with Crippen molar-refractivity contribution in [3.8, 4) is 0 Å². The smallest absolute Gasteiger partial charge is 0.252 e. The van der Waals surface area contributed by atoms with Crippen LogP contribution < -0.4 is 5.32 Å². The number of rotatable bonds is 3. The zero-order chi connectivity index (χ0) is 13.2. The number of nitrogens with one attached hydrogen (secondary N) is 2. The average Bonchev–Trinajstić information content (AvgIpc) is 3.08. The van der Waals surface area contributed by atoms with Gasteiger partial charge in [-0.05, 0) is 38.0 Å². The standard InChI is InChI=1S/C15H18N2O2/c1-10(14-6-3-9-19-14)17-15(18)12-4-2-5-13-11(12)7-8-16-13/h2,4-5,7-8,10,14,16H,3,6,9H2,1H3,(H,17,18). The Balaban J connectivity index is 1.78. The summed E-state index contributed by atoms with van der Waals surface area (Å²) in [6, 6.07) is 7.69. The van der Waals surface area contributed by atoms with Crippen LogP contribution >= 0.6 is 0 Å². The van der Waals surface area contributed by atoms with E-state index < -0.39 is 0 Å². The van der Waals surface area contributed by atoms with Crippen LogP contribution in [0.2, 0.25) is 0 Å². The van der Waals surface area contributed by atoms with Gasteiger partial charge >= 0.3 is 0 Å². The highest BCUT2D eigenvalue weighted by Gasteiger charge is 2.24. The quantitative estimate of drug-likeness (QED) is 0.888. The molecule has 2 aromatic rings. The van der Waals surface area contributed by atoms with Crippen molar-refractivity contribution in [1.29, 1.82) is 0 Å². The minimum absolute atomic E-state index is 0.0341. The number of hydrogen-bond acceptors (Lipinski definition) is 2. The molecular formula is C15H18N2O2. The summed E-state index contributed by atoms with van der Waals surface area (Å²) >= 11 is 0. The van der Waals surface area contributed by atoms with Crippen LogP contribution in [0.4, 0.5) is 0 Å². The Morgan fingerprint density at radius 2 is 2.37 bits per heavy atom. The molecule has 4 heteroatoms. The first-order chi connectivity index (χ1) is 9.25. The molecular weight excluding hydrogens is 240 g/mol. The van der Waals surface area contributed by atoms with Crippen molar-refractivity contribution in [3.63, 3.8) is 0 Å². The molecule has 1 aliphatic rings. The zero-order valence-electron chi connectivity index (χ0n) is 11.0. The van der Waals surface area contributed by atoms with Crippen molar-refractivity contribution in [2.24, 2.45) is 0 Å². The summed E-state index contributed by atoms with van der Waals surface area (Å²) in [6.45, 7) is 2.81. The van der Waals surface area contributed by atoms with Crippen LogP contribution in [-0.2, 0) is 4.74 Å². The second-order valence-corrected chi connectivity index (χ2v) is 5.06. The topological polar surface area (TPSA) is 54.1 Å². The van der Waals surface area contributed by atoms with Crippen molar-refractivity contribution in [2.45, 2.75) is 31.9 Å². The van der Waals surface area contributed by atoms with Gasteiger partial charge in [0.1, 0.15) is 0 Å². The first kappa shape index (κ1) is 12.2. The lowest BCUT2D eigenvalue weighted by atomic mass is 10.1. The van der Waals surface area contributed by atoms with E-state index in [0.29, 0.717) is 5.56 Å². The SMILES string of the molecule is CC(NC(=O)c1cccc2[nH]ccc12)C1CCCO1. The van der Waals surface area contributed by atoms with E-state index in [-0.39, 0.29) is 18.1 Å². The predicted octanol–water partition coefficient (Wildman–Crippen LogP) is 2.47. The Labute approximate surface area is 112 Å². The second kappa shape index (κ2) is 5.05. The number of H-pyrrole nitrogens is 1. The van der Waals surface area contributed by atoms with Gasteiger partial charge in [0.2, 0.25) is 0 Å². The highest BCUT2D eigenvalue weighted by Crippen LogP contribution is 2.19. The first-order valence-corrected chi connectivity index (χ1v) is 6.74. The van der Waals surface area contributed by atoms with Crippen LogP contribution in [0.1, 0.15) is 30.1 Å². The van der Waals surface area contributed by atoms with Crippen molar-refractivity contribution in [2.75, 3.05) is 6.61 Å². The minimum atomic E-state index is -0.0341. The van der Waals surface area contributed by atoms with E-state index in [4.69, 9.17) is 4.74 Å². The van der Waals surface area contributed by atoms with Crippen LogP contribution in [0, 0.1) is 0 Å². The van der Waals surface area contributed by atoms with Gasteiger partial charge in [0.05, 0.1) is 12.1 Å². The molecule has 100 valence electrons. The zero-order valence-corrected chi connectivity index (χ0v) is 11.0. The van der Waals surface area contributed by atoms with Crippen LogP contribution in [0.15, 0.2) is 30.5 Å². The third-order valence-corrected chi connectivity index (χ3v) is 3.72. The number of benzene rings is 1. The Kier molecular flexibility index (Phi) is 3.25. The van der Waals surface area contributed by atoms with Gasteiger partial charge in [-0.25, -0.2) is 0 Å². The molecule has 2 unspecified atom stereocenters. The molecule has 2 atom stereocenters. The monoisotopic (exact) mass is 258 g/mol. The summed E-state index contributed by atoms with van der Waals surface area (Å²) < 4.78 is 5.60. The summed E-state index contributed by atoms with van der Waals surface area (Å²) in [4.78, 5) is 15.5.